The summed E-state index contributed by atoms with van der Waals surface area (Å²) in [7, 11) is -3.66. The molecule has 0 unspecified atom stereocenters. The predicted molar refractivity (Wildman–Crippen MR) is 127 cm³/mol. The van der Waals surface area contributed by atoms with Gasteiger partial charge in [-0.15, -0.1) is 0 Å². The highest BCUT2D eigenvalue weighted by molar-refractivity contribution is 7.89. The van der Waals surface area contributed by atoms with E-state index in [-0.39, 0.29) is 28.6 Å². The molecular weight excluding hydrogens is 457 g/mol. The van der Waals surface area contributed by atoms with E-state index in [0.717, 1.165) is 31.2 Å². The van der Waals surface area contributed by atoms with Crippen LogP contribution in [0.2, 0.25) is 0 Å². The fourth-order valence-electron chi connectivity index (χ4n) is 5.02. The van der Waals surface area contributed by atoms with Gasteiger partial charge in [-0.25, -0.2) is 12.8 Å². The van der Waals surface area contributed by atoms with Crippen molar-refractivity contribution < 1.29 is 22.4 Å². The van der Waals surface area contributed by atoms with E-state index in [1.54, 1.807) is 24.3 Å². The number of sulfonamides is 1. The highest BCUT2D eigenvalue weighted by Crippen LogP contribution is 2.41. The van der Waals surface area contributed by atoms with E-state index < -0.39 is 15.4 Å². The fourth-order valence-corrected chi connectivity index (χ4v) is 6.49. The minimum absolute atomic E-state index is 0.0496. The van der Waals surface area contributed by atoms with Crippen LogP contribution in [0.5, 0.6) is 0 Å². The first kappa shape index (κ1) is 24.3. The Morgan fingerprint density at radius 1 is 0.971 bits per heavy atom. The van der Waals surface area contributed by atoms with Crippen LogP contribution in [0, 0.1) is 5.82 Å². The molecule has 2 aromatic rings. The van der Waals surface area contributed by atoms with Crippen molar-refractivity contribution in [2.75, 3.05) is 18.4 Å². The van der Waals surface area contributed by atoms with Gasteiger partial charge >= 0.3 is 0 Å². The number of rotatable bonds is 6. The molecular formula is C25H30FN3O4S. The molecule has 2 amide bonds. The van der Waals surface area contributed by atoms with Crippen LogP contribution in [0.4, 0.5) is 10.1 Å². The van der Waals surface area contributed by atoms with Gasteiger partial charge in [0.2, 0.25) is 21.8 Å². The number of amides is 2. The lowest BCUT2D eigenvalue weighted by Gasteiger charge is -2.35. The number of hydrogen-bond donors (Lipinski definition) is 2. The molecule has 4 rings (SSSR count). The van der Waals surface area contributed by atoms with Crippen molar-refractivity contribution >= 4 is 27.5 Å². The predicted octanol–water partition coefficient (Wildman–Crippen LogP) is 3.57. The van der Waals surface area contributed by atoms with E-state index in [2.05, 4.69) is 10.6 Å². The van der Waals surface area contributed by atoms with Gasteiger partial charge in [-0.1, -0.05) is 25.0 Å². The summed E-state index contributed by atoms with van der Waals surface area (Å²) in [6.07, 6.45) is 4.39. The SMILES string of the molecule is CC(=O)Nc1ccc(S(=O)(=O)N2CCC(NC(=O)C3(c4ccc(F)cc4)CCCC3)CC2)cc1. The number of hydrogen-bond acceptors (Lipinski definition) is 4. The molecule has 1 heterocycles. The Labute approximate surface area is 199 Å². The quantitative estimate of drug-likeness (QED) is 0.651. The second kappa shape index (κ2) is 9.84. The van der Waals surface area contributed by atoms with Crippen molar-refractivity contribution in [3.8, 4) is 0 Å². The van der Waals surface area contributed by atoms with Gasteiger partial charge in [0.15, 0.2) is 0 Å². The normalized spacial score (nSPS) is 19.0. The number of anilines is 1. The fraction of sp³-hybridized carbons (Fsp3) is 0.440. The smallest absolute Gasteiger partial charge is 0.243 e. The molecule has 0 atom stereocenters. The Morgan fingerprint density at radius 2 is 1.56 bits per heavy atom. The third kappa shape index (κ3) is 5.00. The highest BCUT2D eigenvalue weighted by Gasteiger charge is 2.43. The molecule has 7 nitrogen and oxygen atoms in total. The molecule has 182 valence electrons. The van der Waals surface area contributed by atoms with Gasteiger partial charge < -0.3 is 10.6 Å². The average molecular weight is 488 g/mol. The van der Waals surface area contributed by atoms with Gasteiger partial charge in [0.25, 0.3) is 0 Å². The molecule has 1 aliphatic heterocycles. The zero-order chi connectivity index (χ0) is 24.3. The minimum atomic E-state index is -3.66. The van der Waals surface area contributed by atoms with Crippen LogP contribution in [0.25, 0.3) is 0 Å². The van der Waals surface area contributed by atoms with Gasteiger partial charge in [-0.2, -0.15) is 4.31 Å². The molecule has 2 aliphatic rings. The lowest BCUT2D eigenvalue weighted by Crippen LogP contribution is -2.51. The molecule has 0 radical (unpaired) electrons. The molecule has 2 fully saturated rings. The second-order valence-electron chi connectivity index (χ2n) is 9.15. The third-order valence-electron chi connectivity index (χ3n) is 6.89. The topological polar surface area (TPSA) is 95.6 Å². The minimum Gasteiger partial charge on any atom is -0.352 e. The maximum Gasteiger partial charge on any atom is 0.243 e. The van der Waals surface area contributed by atoms with Gasteiger partial charge in [-0.05, 0) is 67.6 Å². The summed E-state index contributed by atoms with van der Waals surface area (Å²) in [6, 6.07) is 12.2. The standard InChI is InChI=1S/C25H30FN3O4S/c1-18(30)27-21-8-10-23(11-9-21)34(32,33)29-16-12-22(13-17-29)28-24(31)25(14-2-3-15-25)19-4-6-20(26)7-5-19/h4-11,22H,2-3,12-17H2,1H3,(H,27,30)(H,28,31). The van der Waals surface area contributed by atoms with E-state index in [1.807, 2.05) is 0 Å². The first-order valence-electron chi connectivity index (χ1n) is 11.7. The van der Waals surface area contributed by atoms with Crippen LogP contribution in [0.15, 0.2) is 53.4 Å². The lowest BCUT2D eigenvalue weighted by molar-refractivity contribution is -0.127. The Kier molecular flexibility index (Phi) is 7.04. The van der Waals surface area contributed by atoms with Crippen molar-refractivity contribution in [1.82, 2.24) is 9.62 Å². The number of piperidine rings is 1. The first-order valence-corrected chi connectivity index (χ1v) is 13.1. The number of nitrogens with one attached hydrogen (secondary N) is 2. The number of benzene rings is 2. The first-order chi connectivity index (χ1) is 16.2. The molecule has 34 heavy (non-hydrogen) atoms. The van der Waals surface area contributed by atoms with E-state index in [9.17, 15) is 22.4 Å². The van der Waals surface area contributed by atoms with Crippen molar-refractivity contribution in [3.63, 3.8) is 0 Å². The molecule has 0 bridgehead atoms. The monoisotopic (exact) mass is 487 g/mol. The van der Waals surface area contributed by atoms with E-state index >= 15 is 0 Å². The number of carbonyl (C=O) groups is 2. The van der Waals surface area contributed by atoms with Crippen molar-refractivity contribution in [1.29, 1.82) is 0 Å². The summed E-state index contributed by atoms with van der Waals surface area (Å²) in [4.78, 5) is 24.7. The van der Waals surface area contributed by atoms with Crippen molar-refractivity contribution in [3.05, 3.63) is 59.9 Å². The molecule has 1 saturated heterocycles. The molecule has 0 aromatic heterocycles. The number of nitrogens with zero attached hydrogens (tertiary/aromatic N) is 1. The van der Waals surface area contributed by atoms with Crippen LogP contribution in [0.1, 0.15) is 51.0 Å². The van der Waals surface area contributed by atoms with Crippen LogP contribution >= 0.6 is 0 Å². The average Bonchev–Trinajstić information content (AvgIpc) is 3.31. The molecule has 1 aliphatic carbocycles. The maximum atomic E-state index is 13.4. The highest BCUT2D eigenvalue weighted by atomic mass is 32.2. The molecule has 9 heteroatoms. The zero-order valence-corrected chi connectivity index (χ0v) is 20.0. The number of halogens is 1. The molecule has 2 N–H and O–H groups in total. The molecule has 0 spiro atoms. The summed E-state index contributed by atoms with van der Waals surface area (Å²) in [6.45, 7) is 2.01. The summed E-state index contributed by atoms with van der Waals surface area (Å²) < 4.78 is 41.0. The Balaban J connectivity index is 1.39. The van der Waals surface area contributed by atoms with Gasteiger partial charge in [0.1, 0.15) is 5.82 Å². The van der Waals surface area contributed by atoms with Crippen LogP contribution in [0.3, 0.4) is 0 Å². The van der Waals surface area contributed by atoms with E-state index in [1.165, 1.54) is 35.5 Å². The number of carbonyl (C=O) groups excluding carboxylic acids is 2. The second-order valence-corrected chi connectivity index (χ2v) is 11.1. The molecule has 1 saturated carbocycles. The van der Waals surface area contributed by atoms with E-state index in [0.29, 0.717) is 31.6 Å². The maximum absolute atomic E-state index is 13.4. The largest absolute Gasteiger partial charge is 0.352 e. The van der Waals surface area contributed by atoms with E-state index in [4.69, 9.17) is 0 Å². The van der Waals surface area contributed by atoms with Crippen molar-refractivity contribution in [2.24, 2.45) is 0 Å². The van der Waals surface area contributed by atoms with Crippen molar-refractivity contribution in [2.45, 2.75) is 61.8 Å². The van der Waals surface area contributed by atoms with Crippen LogP contribution < -0.4 is 10.6 Å². The lowest BCUT2D eigenvalue weighted by atomic mass is 9.77. The summed E-state index contributed by atoms with van der Waals surface area (Å²) in [5.41, 5.74) is 0.730. The Bertz CT molecular complexity index is 1140. The summed E-state index contributed by atoms with van der Waals surface area (Å²) in [5, 5.41) is 5.78. The van der Waals surface area contributed by atoms with Gasteiger partial charge in [0.05, 0.1) is 10.3 Å². The Morgan fingerprint density at radius 3 is 2.12 bits per heavy atom. The summed E-state index contributed by atoms with van der Waals surface area (Å²) in [5.74, 6) is -0.597. The summed E-state index contributed by atoms with van der Waals surface area (Å²) >= 11 is 0. The van der Waals surface area contributed by atoms with Gasteiger partial charge in [-0.3, -0.25) is 9.59 Å². The van der Waals surface area contributed by atoms with Gasteiger partial charge in [0, 0.05) is 31.7 Å². The zero-order valence-electron chi connectivity index (χ0n) is 19.2. The molecule has 2 aromatic carbocycles. The van der Waals surface area contributed by atoms with Crippen LogP contribution in [-0.2, 0) is 25.0 Å². The third-order valence-corrected chi connectivity index (χ3v) is 8.80. The Hall–Kier alpha value is -2.78. The van der Waals surface area contributed by atoms with Crippen LogP contribution in [-0.4, -0.2) is 43.7 Å².